The molecule has 6 heteroatoms. The second-order valence-electron chi connectivity index (χ2n) is 5.03. The lowest BCUT2D eigenvalue weighted by Crippen LogP contribution is -2.15. The lowest BCUT2D eigenvalue weighted by molar-refractivity contribution is -0.115. The molecule has 0 aliphatic heterocycles. The van der Waals surface area contributed by atoms with Crippen LogP contribution in [0.3, 0.4) is 0 Å². The third-order valence-electron chi connectivity index (χ3n) is 3.43. The van der Waals surface area contributed by atoms with Crippen molar-refractivity contribution in [2.75, 3.05) is 5.32 Å². The van der Waals surface area contributed by atoms with Crippen LogP contribution in [0.15, 0.2) is 61.2 Å². The van der Waals surface area contributed by atoms with Gasteiger partial charge in [-0.2, -0.15) is 5.10 Å². The SMILES string of the molecule is O=C(Cc1ccc(-n2cccn2)cc1)Nc1cnccc1CO. The van der Waals surface area contributed by atoms with Gasteiger partial charge in [0, 0.05) is 24.2 Å². The first-order valence-electron chi connectivity index (χ1n) is 7.19. The van der Waals surface area contributed by atoms with Crippen LogP contribution in [0.4, 0.5) is 5.69 Å². The summed E-state index contributed by atoms with van der Waals surface area (Å²) in [5.41, 5.74) is 3.01. The molecule has 2 N–H and O–H groups in total. The average molecular weight is 308 g/mol. The van der Waals surface area contributed by atoms with Crippen LogP contribution in [0.25, 0.3) is 5.69 Å². The molecule has 0 aliphatic carbocycles. The Morgan fingerprint density at radius 1 is 1.17 bits per heavy atom. The van der Waals surface area contributed by atoms with E-state index >= 15 is 0 Å². The summed E-state index contributed by atoms with van der Waals surface area (Å²) in [4.78, 5) is 16.1. The van der Waals surface area contributed by atoms with Crippen molar-refractivity contribution < 1.29 is 9.90 Å². The van der Waals surface area contributed by atoms with Gasteiger partial charge in [0.15, 0.2) is 0 Å². The molecule has 0 saturated carbocycles. The fraction of sp³-hybridized carbons (Fsp3) is 0.118. The molecule has 0 bridgehead atoms. The highest BCUT2D eigenvalue weighted by atomic mass is 16.3. The Hall–Kier alpha value is -2.99. The van der Waals surface area contributed by atoms with Crippen LogP contribution in [0.2, 0.25) is 0 Å². The van der Waals surface area contributed by atoms with Crippen molar-refractivity contribution in [3.8, 4) is 5.69 Å². The molecule has 0 saturated heterocycles. The number of rotatable bonds is 5. The van der Waals surface area contributed by atoms with Gasteiger partial charge in [0.25, 0.3) is 0 Å². The molecule has 116 valence electrons. The number of carbonyl (C=O) groups is 1. The zero-order valence-electron chi connectivity index (χ0n) is 12.4. The van der Waals surface area contributed by atoms with Crippen LogP contribution in [0.5, 0.6) is 0 Å². The fourth-order valence-corrected chi connectivity index (χ4v) is 2.24. The highest BCUT2D eigenvalue weighted by Gasteiger charge is 2.08. The van der Waals surface area contributed by atoms with E-state index in [1.807, 2.05) is 36.5 Å². The molecule has 1 aromatic carbocycles. The molecular weight excluding hydrogens is 292 g/mol. The van der Waals surface area contributed by atoms with Gasteiger partial charge in [-0.25, -0.2) is 4.68 Å². The highest BCUT2D eigenvalue weighted by Crippen LogP contribution is 2.14. The predicted octanol–water partition coefficient (Wildman–Crippen LogP) is 1.94. The monoisotopic (exact) mass is 308 g/mol. The number of hydrogen-bond acceptors (Lipinski definition) is 4. The molecule has 23 heavy (non-hydrogen) atoms. The van der Waals surface area contributed by atoms with Crippen molar-refractivity contribution in [1.29, 1.82) is 0 Å². The van der Waals surface area contributed by atoms with Crippen LogP contribution in [0, 0.1) is 0 Å². The van der Waals surface area contributed by atoms with E-state index in [0.29, 0.717) is 11.3 Å². The van der Waals surface area contributed by atoms with Gasteiger partial charge in [0.1, 0.15) is 0 Å². The van der Waals surface area contributed by atoms with Crippen molar-refractivity contribution >= 4 is 11.6 Å². The number of aliphatic hydroxyl groups is 1. The quantitative estimate of drug-likeness (QED) is 0.755. The summed E-state index contributed by atoms with van der Waals surface area (Å²) in [6.07, 6.45) is 6.94. The Labute approximate surface area is 133 Å². The molecule has 0 fully saturated rings. The maximum Gasteiger partial charge on any atom is 0.228 e. The van der Waals surface area contributed by atoms with Gasteiger partial charge in [-0.15, -0.1) is 0 Å². The molecule has 3 aromatic rings. The summed E-state index contributed by atoms with van der Waals surface area (Å²) < 4.78 is 1.76. The number of pyridine rings is 1. The summed E-state index contributed by atoms with van der Waals surface area (Å²) >= 11 is 0. The second-order valence-corrected chi connectivity index (χ2v) is 5.03. The number of aliphatic hydroxyl groups excluding tert-OH is 1. The van der Waals surface area contributed by atoms with E-state index in [1.54, 1.807) is 23.1 Å². The van der Waals surface area contributed by atoms with Gasteiger partial charge in [-0.05, 0) is 29.8 Å². The van der Waals surface area contributed by atoms with E-state index in [2.05, 4.69) is 15.4 Å². The Bertz CT molecular complexity index is 783. The fourth-order valence-electron chi connectivity index (χ4n) is 2.24. The molecular formula is C17H16N4O2. The third-order valence-corrected chi connectivity index (χ3v) is 3.43. The molecule has 2 heterocycles. The highest BCUT2D eigenvalue weighted by molar-refractivity contribution is 5.92. The number of anilines is 1. The summed E-state index contributed by atoms with van der Waals surface area (Å²) in [7, 11) is 0. The summed E-state index contributed by atoms with van der Waals surface area (Å²) in [5, 5.41) is 16.2. The summed E-state index contributed by atoms with van der Waals surface area (Å²) in [5.74, 6) is -0.153. The van der Waals surface area contributed by atoms with Gasteiger partial charge in [-0.3, -0.25) is 9.78 Å². The third kappa shape index (κ3) is 3.61. The molecule has 0 atom stereocenters. The Balaban J connectivity index is 1.66. The lowest BCUT2D eigenvalue weighted by atomic mass is 10.1. The number of nitrogens with one attached hydrogen (secondary N) is 1. The van der Waals surface area contributed by atoms with E-state index < -0.39 is 0 Å². The van der Waals surface area contributed by atoms with Gasteiger partial charge in [0.05, 0.1) is 30.6 Å². The molecule has 3 rings (SSSR count). The maximum absolute atomic E-state index is 12.1. The molecule has 2 aromatic heterocycles. The minimum atomic E-state index is -0.153. The topological polar surface area (TPSA) is 80.0 Å². The average Bonchev–Trinajstić information content (AvgIpc) is 3.10. The number of aromatic nitrogens is 3. The summed E-state index contributed by atoms with van der Waals surface area (Å²) in [6, 6.07) is 11.2. The molecule has 0 spiro atoms. The first-order chi connectivity index (χ1) is 11.3. The predicted molar refractivity (Wildman–Crippen MR) is 86.1 cm³/mol. The molecule has 6 nitrogen and oxygen atoms in total. The number of benzene rings is 1. The van der Waals surface area contributed by atoms with E-state index in [0.717, 1.165) is 11.3 Å². The number of amides is 1. The van der Waals surface area contributed by atoms with Crippen LogP contribution in [-0.2, 0) is 17.8 Å². The van der Waals surface area contributed by atoms with E-state index in [4.69, 9.17) is 0 Å². The standard InChI is InChI=1S/C17H16N4O2/c22-12-14-6-8-18-11-16(14)20-17(23)10-13-2-4-15(5-3-13)21-9-1-7-19-21/h1-9,11,22H,10,12H2,(H,20,23). The zero-order valence-corrected chi connectivity index (χ0v) is 12.4. The van der Waals surface area contributed by atoms with Crippen molar-refractivity contribution in [2.24, 2.45) is 0 Å². The number of carbonyl (C=O) groups excluding carboxylic acids is 1. The van der Waals surface area contributed by atoms with Crippen molar-refractivity contribution in [2.45, 2.75) is 13.0 Å². The Kier molecular flexibility index (Phi) is 4.44. The van der Waals surface area contributed by atoms with Crippen LogP contribution >= 0.6 is 0 Å². The molecule has 0 unspecified atom stereocenters. The van der Waals surface area contributed by atoms with E-state index in [1.165, 1.54) is 6.20 Å². The normalized spacial score (nSPS) is 10.5. The van der Waals surface area contributed by atoms with Crippen LogP contribution in [0.1, 0.15) is 11.1 Å². The Morgan fingerprint density at radius 3 is 2.70 bits per heavy atom. The Morgan fingerprint density at radius 2 is 2.00 bits per heavy atom. The second kappa shape index (κ2) is 6.85. The first kappa shape index (κ1) is 14.9. The van der Waals surface area contributed by atoms with Crippen LogP contribution in [-0.4, -0.2) is 25.8 Å². The van der Waals surface area contributed by atoms with Crippen LogP contribution < -0.4 is 5.32 Å². The summed E-state index contributed by atoms with van der Waals surface area (Å²) in [6.45, 7) is -0.142. The van der Waals surface area contributed by atoms with Gasteiger partial charge < -0.3 is 10.4 Å². The van der Waals surface area contributed by atoms with E-state index in [-0.39, 0.29) is 18.9 Å². The largest absolute Gasteiger partial charge is 0.392 e. The van der Waals surface area contributed by atoms with Gasteiger partial charge in [0.2, 0.25) is 5.91 Å². The number of nitrogens with zero attached hydrogens (tertiary/aromatic N) is 3. The molecule has 0 radical (unpaired) electrons. The van der Waals surface area contributed by atoms with Gasteiger partial charge >= 0.3 is 0 Å². The van der Waals surface area contributed by atoms with Crippen molar-refractivity contribution in [1.82, 2.24) is 14.8 Å². The molecule has 1 amide bonds. The molecule has 0 aliphatic rings. The van der Waals surface area contributed by atoms with E-state index in [9.17, 15) is 9.90 Å². The zero-order chi connectivity index (χ0) is 16.1. The minimum Gasteiger partial charge on any atom is -0.392 e. The minimum absolute atomic E-state index is 0.142. The van der Waals surface area contributed by atoms with Gasteiger partial charge in [-0.1, -0.05) is 12.1 Å². The number of hydrogen-bond donors (Lipinski definition) is 2. The first-order valence-corrected chi connectivity index (χ1v) is 7.19. The van der Waals surface area contributed by atoms with Crippen molar-refractivity contribution in [3.63, 3.8) is 0 Å². The maximum atomic E-state index is 12.1. The smallest absolute Gasteiger partial charge is 0.228 e. The lowest BCUT2D eigenvalue weighted by Gasteiger charge is -2.09. The van der Waals surface area contributed by atoms with Crippen molar-refractivity contribution in [3.05, 3.63) is 72.3 Å².